The first kappa shape index (κ1) is 14.9. The van der Waals surface area contributed by atoms with E-state index >= 15 is 0 Å². The molecule has 3 nitrogen and oxygen atoms in total. The molecule has 0 unspecified atom stereocenters. The molecule has 3 heteroatoms. The zero-order chi connectivity index (χ0) is 11.7. The fourth-order valence-corrected chi connectivity index (χ4v) is 1.37. The van der Waals surface area contributed by atoms with Gasteiger partial charge in [-0.1, -0.05) is 13.8 Å². The number of nitrogens with one attached hydrogen (secondary N) is 1. The van der Waals surface area contributed by atoms with Crippen molar-refractivity contribution in [3.05, 3.63) is 0 Å². The molecule has 92 valence electrons. The Bertz CT molecular complexity index is 149. The number of rotatable bonds is 9. The third-order valence-electron chi connectivity index (χ3n) is 2.88. The topological polar surface area (TPSA) is 24.5 Å². The lowest BCUT2D eigenvalue weighted by molar-refractivity contribution is 0.00787. The SMILES string of the molecule is CCNCCN(CC)CCC(C)(C)OC. The molecule has 0 radical (unpaired) electrons. The van der Waals surface area contributed by atoms with Gasteiger partial charge in [0.2, 0.25) is 0 Å². The van der Waals surface area contributed by atoms with Crippen LogP contribution < -0.4 is 5.32 Å². The molecule has 0 fully saturated rings. The normalized spacial score (nSPS) is 12.4. The van der Waals surface area contributed by atoms with Crippen LogP contribution in [0.5, 0.6) is 0 Å². The van der Waals surface area contributed by atoms with Crippen LogP contribution in [-0.4, -0.2) is 50.3 Å². The van der Waals surface area contributed by atoms with Crippen molar-refractivity contribution >= 4 is 0 Å². The van der Waals surface area contributed by atoms with Gasteiger partial charge >= 0.3 is 0 Å². The summed E-state index contributed by atoms with van der Waals surface area (Å²) in [6.07, 6.45) is 1.09. The molecule has 0 spiro atoms. The summed E-state index contributed by atoms with van der Waals surface area (Å²) < 4.78 is 5.42. The van der Waals surface area contributed by atoms with Crippen molar-refractivity contribution < 1.29 is 4.74 Å². The van der Waals surface area contributed by atoms with E-state index in [2.05, 4.69) is 37.9 Å². The highest BCUT2D eigenvalue weighted by atomic mass is 16.5. The number of hydrogen-bond acceptors (Lipinski definition) is 3. The number of methoxy groups -OCH3 is 1. The van der Waals surface area contributed by atoms with Crippen molar-refractivity contribution in [3.63, 3.8) is 0 Å². The van der Waals surface area contributed by atoms with Crippen molar-refractivity contribution in [1.82, 2.24) is 10.2 Å². The molecule has 0 atom stereocenters. The van der Waals surface area contributed by atoms with E-state index in [-0.39, 0.29) is 5.60 Å². The zero-order valence-corrected chi connectivity index (χ0v) is 11.1. The van der Waals surface area contributed by atoms with Gasteiger partial charge in [0, 0.05) is 26.7 Å². The lowest BCUT2D eigenvalue weighted by atomic mass is 10.1. The standard InChI is InChI=1S/C12H28N2O/c1-6-13-9-11-14(7-2)10-8-12(3,4)15-5/h13H,6-11H2,1-5H3. The minimum atomic E-state index is 0.00556. The number of likely N-dealkylation sites (N-methyl/N-ethyl adjacent to an activating group) is 2. The Labute approximate surface area is 95.2 Å². The third kappa shape index (κ3) is 7.77. The van der Waals surface area contributed by atoms with Gasteiger partial charge in [-0.25, -0.2) is 0 Å². The molecule has 0 aromatic carbocycles. The fraction of sp³-hybridized carbons (Fsp3) is 1.00. The van der Waals surface area contributed by atoms with Crippen molar-refractivity contribution in [1.29, 1.82) is 0 Å². The molecule has 0 saturated heterocycles. The minimum Gasteiger partial charge on any atom is -0.379 e. The first-order valence-corrected chi connectivity index (χ1v) is 6.04. The van der Waals surface area contributed by atoms with Crippen molar-refractivity contribution in [2.24, 2.45) is 0 Å². The van der Waals surface area contributed by atoms with Crippen LogP contribution in [0, 0.1) is 0 Å². The van der Waals surface area contributed by atoms with Crippen LogP contribution in [0.15, 0.2) is 0 Å². The van der Waals surface area contributed by atoms with E-state index in [4.69, 9.17) is 4.74 Å². The molecule has 0 heterocycles. The molecular weight excluding hydrogens is 188 g/mol. The third-order valence-corrected chi connectivity index (χ3v) is 2.88. The largest absolute Gasteiger partial charge is 0.379 e. The smallest absolute Gasteiger partial charge is 0.0634 e. The Hall–Kier alpha value is -0.120. The Balaban J connectivity index is 3.69. The van der Waals surface area contributed by atoms with Gasteiger partial charge < -0.3 is 15.0 Å². The fourth-order valence-electron chi connectivity index (χ4n) is 1.37. The maximum atomic E-state index is 5.42. The van der Waals surface area contributed by atoms with E-state index in [1.165, 1.54) is 0 Å². The van der Waals surface area contributed by atoms with Crippen LogP contribution in [0.25, 0.3) is 0 Å². The van der Waals surface area contributed by atoms with Crippen LogP contribution in [-0.2, 0) is 4.74 Å². The van der Waals surface area contributed by atoms with Gasteiger partial charge in [0.15, 0.2) is 0 Å². The highest BCUT2D eigenvalue weighted by Gasteiger charge is 2.17. The van der Waals surface area contributed by atoms with Gasteiger partial charge in [-0.2, -0.15) is 0 Å². The Morgan fingerprint density at radius 1 is 1.20 bits per heavy atom. The maximum Gasteiger partial charge on any atom is 0.0634 e. The van der Waals surface area contributed by atoms with Crippen LogP contribution >= 0.6 is 0 Å². The molecule has 0 rings (SSSR count). The Morgan fingerprint density at radius 3 is 2.33 bits per heavy atom. The van der Waals surface area contributed by atoms with Crippen molar-refractivity contribution in [3.8, 4) is 0 Å². The first-order chi connectivity index (χ1) is 7.05. The zero-order valence-electron chi connectivity index (χ0n) is 11.1. The highest BCUT2D eigenvalue weighted by molar-refractivity contribution is 4.70. The summed E-state index contributed by atoms with van der Waals surface area (Å²) in [5.41, 5.74) is 0.00556. The second-order valence-electron chi connectivity index (χ2n) is 4.50. The molecule has 0 saturated carbocycles. The quantitative estimate of drug-likeness (QED) is 0.594. The van der Waals surface area contributed by atoms with Crippen LogP contribution in [0.1, 0.15) is 34.1 Å². The molecule has 1 N–H and O–H groups in total. The van der Waals surface area contributed by atoms with E-state index in [1.807, 2.05) is 0 Å². The highest BCUT2D eigenvalue weighted by Crippen LogP contribution is 2.13. The van der Waals surface area contributed by atoms with E-state index in [0.29, 0.717) is 0 Å². The molecule has 0 aromatic rings. The second-order valence-corrected chi connectivity index (χ2v) is 4.50. The van der Waals surface area contributed by atoms with Crippen LogP contribution in [0.2, 0.25) is 0 Å². The predicted octanol–water partition coefficient (Wildman–Crippen LogP) is 1.73. The summed E-state index contributed by atoms with van der Waals surface area (Å²) in [5, 5.41) is 3.35. The molecule has 0 aliphatic carbocycles. The summed E-state index contributed by atoms with van der Waals surface area (Å²) in [5.74, 6) is 0. The van der Waals surface area contributed by atoms with E-state index in [0.717, 1.165) is 39.1 Å². The van der Waals surface area contributed by atoms with Gasteiger partial charge in [0.25, 0.3) is 0 Å². The Morgan fingerprint density at radius 2 is 1.87 bits per heavy atom. The summed E-state index contributed by atoms with van der Waals surface area (Å²) in [6, 6.07) is 0. The van der Waals surface area contributed by atoms with E-state index in [9.17, 15) is 0 Å². The average molecular weight is 216 g/mol. The molecule has 0 aliphatic rings. The summed E-state index contributed by atoms with van der Waals surface area (Å²) in [6.45, 7) is 14.1. The van der Waals surface area contributed by atoms with Crippen molar-refractivity contribution in [2.45, 2.75) is 39.7 Å². The molecule has 0 bridgehead atoms. The minimum absolute atomic E-state index is 0.00556. The van der Waals surface area contributed by atoms with Crippen molar-refractivity contribution in [2.75, 3.05) is 39.8 Å². The van der Waals surface area contributed by atoms with Gasteiger partial charge in [-0.15, -0.1) is 0 Å². The maximum absolute atomic E-state index is 5.42. The van der Waals surface area contributed by atoms with Gasteiger partial charge in [0.1, 0.15) is 0 Å². The lowest BCUT2D eigenvalue weighted by Crippen LogP contribution is -2.36. The average Bonchev–Trinajstić information content (AvgIpc) is 2.23. The molecule has 0 aliphatic heterocycles. The number of ether oxygens (including phenoxy) is 1. The van der Waals surface area contributed by atoms with Gasteiger partial charge in [-0.05, 0) is 33.4 Å². The summed E-state index contributed by atoms with van der Waals surface area (Å²) in [4.78, 5) is 2.46. The molecule has 15 heavy (non-hydrogen) atoms. The second kappa shape index (κ2) is 8.08. The first-order valence-electron chi connectivity index (χ1n) is 6.04. The van der Waals surface area contributed by atoms with Gasteiger partial charge in [-0.3, -0.25) is 0 Å². The van der Waals surface area contributed by atoms with Crippen LogP contribution in [0.3, 0.4) is 0 Å². The number of hydrogen-bond donors (Lipinski definition) is 1. The number of nitrogens with zero attached hydrogens (tertiary/aromatic N) is 1. The summed E-state index contributed by atoms with van der Waals surface area (Å²) in [7, 11) is 1.79. The monoisotopic (exact) mass is 216 g/mol. The molecule has 0 amide bonds. The Kier molecular flexibility index (Phi) is 8.02. The predicted molar refractivity (Wildman–Crippen MR) is 66.4 cm³/mol. The van der Waals surface area contributed by atoms with E-state index < -0.39 is 0 Å². The summed E-state index contributed by atoms with van der Waals surface area (Å²) >= 11 is 0. The van der Waals surface area contributed by atoms with Gasteiger partial charge in [0.05, 0.1) is 5.60 Å². The lowest BCUT2D eigenvalue weighted by Gasteiger charge is -2.27. The molecule has 0 aromatic heterocycles. The van der Waals surface area contributed by atoms with E-state index in [1.54, 1.807) is 7.11 Å². The molecular formula is C12H28N2O. The van der Waals surface area contributed by atoms with Crippen LogP contribution in [0.4, 0.5) is 0 Å².